The number of aliphatic hydroxyl groups is 1. The summed E-state index contributed by atoms with van der Waals surface area (Å²) in [6.45, 7) is 4.12. The molecule has 0 aliphatic rings. The summed E-state index contributed by atoms with van der Waals surface area (Å²) in [6, 6.07) is -0.604. The van der Waals surface area contributed by atoms with Crippen molar-refractivity contribution in [1.29, 1.82) is 0 Å². The SMILES string of the molecule is CCCCCCCOc1nsc(NC(=O)NCC(C)O)c1C(=O)O. The van der Waals surface area contributed by atoms with Crippen LogP contribution in [0.15, 0.2) is 0 Å². The highest BCUT2D eigenvalue weighted by atomic mass is 32.1. The van der Waals surface area contributed by atoms with Crippen molar-refractivity contribution in [3.8, 4) is 5.88 Å². The maximum Gasteiger partial charge on any atom is 0.344 e. The molecule has 8 nitrogen and oxygen atoms in total. The molecular formula is C15H25N3O5S. The van der Waals surface area contributed by atoms with Crippen molar-refractivity contribution in [3.63, 3.8) is 0 Å². The van der Waals surface area contributed by atoms with Gasteiger partial charge in [0.15, 0.2) is 5.56 Å². The molecule has 24 heavy (non-hydrogen) atoms. The number of nitrogens with one attached hydrogen (secondary N) is 2. The summed E-state index contributed by atoms with van der Waals surface area (Å²) < 4.78 is 9.41. The summed E-state index contributed by atoms with van der Waals surface area (Å²) in [5.74, 6) is -1.19. The van der Waals surface area contributed by atoms with Crippen LogP contribution in [-0.4, -0.2) is 45.8 Å². The third kappa shape index (κ3) is 7.14. The Morgan fingerprint density at radius 3 is 2.62 bits per heavy atom. The number of ether oxygens (including phenoxy) is 1. The Bertz CT molecular complexity index is 533. The Kier molecular flexibility index (Phi) is 9.10. The molecule has 0 aliphatic heterocycles. The number of carboxylic acids is 1. The number of carbonyl (C=O) groups is 2. The van der Waals surface area contributed by atoms with E-state index < -0.39 is 18.1 Å². The molecule has 2 amide bonds. The van der Waals surface area contributed by atoms with Crippen LogP contribution < -0.4 is 15.4 Å². The van der Waals surface area contributed by atoms with Crippen molar-refractivity contribution in [2.45, 2.75) is 52.1 Å². The quantitative estimate of drug-likeness (QED) is 0.451. The van der Waals surface area contributed by atoms with E-state index in [0.717, 1.165) is 37.2 Å². The standard InChI is InChI=1S/C15H25N3O5S/c1-3-4-5-6-7-8-23-12-11(14(20)21)13(24-18-12)17-15(22)16-9-10(2)19/h10,19H,3-9H2,1-2H3,(H,20,21)(H2,16,17,22). The number of nitrogens with zero attached hydrogens (tertiary/aromatic N) is 1. The molecule has 0 aliphatic carbocycles. The minimum atomic E-state index is -1.21. The second-order valence-electron chi connectivity index (χ2n) is 5.44. The third-order valence-electron chi connectivity index (χ3n) is 3.15. The summed E-state index contributed by atoms with van der Waals surface area (Å²) >= 11 is 0.849. The van der Waals surface area contributed by atoms with Crippen LogP contribution in [0.2, 0.25) is 0 Å². The van der Waals surface area contributed by atoms with E-state index in [1.807, 2.05) is 0 Å². The molecule has 0 radical (unpaired) electrons. The number of anilines is 1. The predicted molar refractivity (Wildman–Crippen MR) is 92.0 cm³/mol. The Labute approximate surface area is 145 Å². The normalized spacial score (nSPS) is 11.8. The number of carbonyl (C=O) groups excluding carboxylic acids is 1. The average Bonchev–Trinajstić information content (AvgIpc) is 2.91. The van der Waals surface area contributed by atoms with Crippen LogP contribution in [0, 0.1) is 0 Å². The van der Waals surface area contributed by atoms with Gasteiger partial charge in [-0.25, -0.2) is 9.59 Å². The monoisotopic (exact) mass is 359 g/mol. The highest BCUT2D eigenvalue weighted by Crippen LogP contribution is 2.30. The number of hydrogen-bond donors (Lipinski definition) is 4. The lowest BCUT2D eigenvalue weighted by Crippen LogP contribution is -2.34. The number of rotatable bonds is 11. The van der Waals surface area contributed by atoms with Crippen LogP contribution in [0.25, 0.3) is 0 Å². The third-order valence-corrected chi connectivity index (χ3v) is 3.89. The first-order valence-electron chi connectivity index (χ1n) is 8.04. The number of hydrogen-bond acceptors (Lipinski definition) is 6. The topological polar surface area (TPSA) is 121 Å². The van der Waals surface area contributed by atoms with Gasteiger partial charge in [-0.2, -0.15) is 4.37 Å². The van der Waals surface area contributed by atoms with Crippen LogP contribution in [0.5, 0.6) is 5.88 Å². The molecule has 1 aromatic rings. The summed E-state index contributed by atoms with van der Waals surface area (Å²) in [5.41, 5.74) is -0.152. The second kappa shape index (κ2) is 10.8. The van der Waals surface area contributed by atoms with E-state index in [9.17, 15) is 14.7 Å². The number of aromatic nitrogens is 1. The molecule has 0 saturated carbocycles. The molecule has 0 fully saturated rings. The van der Waals surface area contributed by atoms with E-state index in [4.69, 9.17) is 9.84 Å². The zero-order valence-corrected chi connectivity index (χ0v) is 14.8. The Morgan fingerprint density at radius 1 is 1.29 bits per heavy atom. The van der Waals surface area contributed by atoms with E-state index in [1.165, 1.54) is 13.3 Å². The van der Waals surface area contributed by atoms with Gasteiger partial charge >= 0.3 is 12.0 Å². The van der Waals surface area contributed by atoms with Crippen LogP contribution >= 0.6 is 11.5 Å². The van der Waals surface area contributed by atoms with Crippen LogP contribution in [0.3, 0.4) is 0 Å². The highest BCUT2D eigenvalue weighted by molar-refractivity contribution is 7.11. The van der Waals surface area contributed by atoms with Gasteiger partial charge in [-0.3, -0.25) is 5.32 Å². The van der Waals surface area contributed by atoms with E-state index in [2.05, 4.69) is 21.9 Å². The van der Waals surface area contributed by atoms with Gasteiger partial charge in [0.2, 0.25) is 5.88 Å². The molecule has 0 saturated heterocycles. The summed E-state index contributed by atoms with van der Waals surface area (Å²) in [6.07, 6.45) is 4.61. The second-order valence-corrected chi connectivity index (χ2v) is 6.22. The lowest BCUT2D eigenvalue weighted by molar-refractivity contribution is 0.0693. The van der Waals surface area contributed by atoms with E-state index in [0.29, 0.717) is 6.61 Å². The summed E-state index contributed by atoms with van der Waals surface area (Å²) in [7, 11) is 0. The average molecular weight is 359 g/mol. The first-order chi connectivity index (χ1) is 11.5. The molecule has 1 heterocycles. The molecule has 1 atom stereocenters. The van der Waals surface area contributed by atoms with E-state index >= 15 is 0 Å². The minimum absolute atomic E-state index is 0.0221. The van der Waals surface area contributed by atoms with E-state index in [-0.39, 0.29) is 23.0 Å². The fraction of sp³-hybridized carbons (Fsp3) is 0.667. The molecule has 1 unspecified atom stereocenters. The maximum atomic E-state index is 11.7. The number of aromatic carboxylic acids is 1. The molecular weight excluding hydrogens is 334 g/mol. The molecule has 1 aromatic heterocycles. The Morgan fingerprint density at radius 2 is 2.00 bits per heavy atom. The first kappa shape index (κ1) is 20.2. The minimum Gasteiger partial charge on any atom is -0.477 e. The van der Waals surface area contributed by atoms with Gasteiger partial charge in [0.05, 0.1) is 12.7 Å². The zero-order valence-electron chi connectivity index (χ0n) is 14.0. The van der Waals surface area contributed by atoms with Crippen LogP contribution in [-0.2, 0) is 0 Å². The lowest BCUT2D eigenvalue weighted by Gasteiger charge is -2.08. The largest absolute Gasteiger partial charge is 0.477 e. The number of aliphatic hydroxyl groups excluding tert-OH is 1. The van der Waals surface area contributed by atoms with Crippen LogP contribution in [0.4, 0.5) is 9.80 Å². The van der Waals surface area contributed by atoms with Crippen molar-refractivity contribution in [1.82, 2.24) is 9.69 Å². The van der Waals surface area contributed by atoms with Gasteiger partial charge in [0, 0.05) is 6.54 Å². The number of unbranched alkanes of at least 4 members (excludes halogenated alkanes) is 4. The van der Waals surface area contributed by atoms with Gasteiger partial charge in [0.1, 0.15) is 5.00 Å². The molecule has 1 rings (SSSR count). The van der Waals surface area contributed by atoms with Gasteiger partial charge < -0.3 is 20.3 Å². The van der Waals surface area contributed by atoms with E-state index in [1.54, 1.807) is 0 Å². The van der Waals surface area contributed by atoms with Gasteiger partial charge in [-0.15, -0.1) is 0 Å². The molecule has 136 valence electrons. The van der Waals surface area contributed by atoms with Crippen molar-refractivity contribution < 1.29 is 24.5 Å². The first-order valence-corrected chi connectivity index (χ1v) is 8.81. The fourth-order valence-electron chi connectivity index (χ4n) is 1.91. The zero-order chi connectivity index (χ0) is 17.9. The molecule has 0 aromatic carbocycles. The van der Waals surface area contributed by atoms with Crippen molar-refractivity contribution in [3.05, 3.63) is 5.56 Å². The number of amides is 2. The smallest absolute Gasteiger partial charge is 0.344 e. The molecule has 4 N–H and O–H groups in total. The highest BCUT2D eigenvalue weighted by Gasteiger charge is 2.23. The Balaban J connectivity index is 2.57. The predicted octanol–water partition coefficient (Wildman–Crippen LogP) is 2.69. The molecule has 9 heteroatoms. The fourth-order valence-corrected chi connectivity index (χ4v) is 2.63. The number of carboxylic acid groups (broad SMARTS) is 1. The maximum absolute atomic E-state index is 11.7. The van der Waals surface area contributed by atoms with Gasteiger partial charge in [-0.1, -0.05) is 32.6 Å². The molecule has 0 spiro atoms. The Hall–Kier alpha value is -1.87. The van der Waals surface area contributed by atoms with Crippen molar-refractivity contribution in [2.24, 2.45) is 0 Å². The summed E-state index contributed by atoms with van der Waals surface area (Å²) in [5, 5.41) is 23.4. The van der Waals surface area contributed by atoms with Gasteiger partial charge in [0.25, 0.3) is 0 Å². The summed E-state index contributed by atoms with van der Waals surface area (Å²) in [4.78, 5) is 23.1. The molecule has 0 bridgehead atoms. The van der Waals surface area contributed by atoms with Crippen LogP contribution in [0.1, 0.15) is 56.3 Å². The van der Waals surface area contributed by atoms with Crippen molar-refractivity contribution >= 4 is 28.5 Å². The van der Waals surface area contributed by atoms with Gasteiger partial charge in [-0.05, 0) is 24.9 Å². The van der Waals surface area contributed by atoms with Crippen molar-refractivity contribution in [2.75, 3.05) is 18.5 Å². The lowest BCUT2D eigenvalue weighted by atomic mass is 10.2. The number of urea groups is 1.